The molecule has 1 unspecified atom stereocenters. The van der Waals surface area contributed by atoms with E-state index in [4.69, 9.17) is 0 Å². The molecule has 1 atom stereocenters. The molecule has 2 amide bonds. The van der Waals surface area contributed by atoms with Crippen LogP contribution >= 0.6 is 0 Å². The van der Waals surface area contributed by atoms with Crippen LogP contribution in [0.2, 0.25) is 0 Å². The minimum atomic E-state index is -0.0974. The van der Waals surface area contributed by atoms with Crippen LogP contribution in [0.5, 0.6) is 0 Å². The number of carbonyl (C=O) groups is 2. The summed E-state index contributed by atoms with van der Waals surface area (Å²) in [6.45, 7) is 7.82. The minimum Gasteiger partial charge on any atom is -0.326 e. The molecule has 1 aromatic carbocycles. The Kier molecular flexibility index (Phi) is 3.69. The summed E-state index contributed by atoms with van der Waals surface area (Å²) >= 11 is 0. The molecule has 0 aromatic heterocycles. The van der Waals surface area contributed by atoms with Gasteiger partial charge in [0.1, 0.15) is 0 Å². The first kappa shape index (κ1) is 13.3. The molecule has 2 rings (SSSR count). The number of hydrogen-bond acceptors (Lipinski definition) is 2. The first-order valence-corrected chi connectivity index (χ1v) is 6.32. The zero-order valence-corrected chi connectivity index (χ0v) is 11.3. The number of rotatable bonds is 3. The summed E-state index contributed by atoms with van der Waals surface area (Å²) in [4.78, 5) is 24.8. The molecule has 0 bridgehead atoms. The van der Waals surface area contributed by atoms with Crippen molar-refractivity contribution in [2.24, 2.45) is 5.92 Å². The molecule has 4 nitrogen and oxygen atoms in total. The Morgan fingerprint density at radius 3 is 2.79 bits per heavy atom. The van der Waals surface area contributed by atoms with Crippen molar-refractivity contribution in [3.05, 3.63) is 36.4 Å². The molecule has 1 aliphatic rings. The Hall–Kier alpha value is -2.10. The van der Waals surface area contributed by atoms with E-state index < -0.39 is 0 Å². The van der Waals surface area contributed by atoms with Gasteiger partial charge in [-0.1, -0.05) is 6.08 Å². The second kappa shape index (κ2) is 5.26. The van der Waals surface area contributed by atoms with Crippen LogP contribution in [0.25, 0.3) is 0 Å². The summed E-state index contributed by atoms with van der Waals surface area (Å²) in [5.41, 5.74) is 2.60. The van der Waals surface area contributed by atoms with Crippen LogP contribution in [0, 0.1) is 12.8 Å². The summed E-state index contributed by atoms with van der Waals surface area (Å²) in [5.74, 6) is 0.249. The van der Waals surface area contributed by atoms with Gasteiger partial charge in [0.15, 0.2) is 0 Å². The van der Waals surface area contributed by atoms with Crippen LogP contribution in [0.4, 0.5) is 11.4 Å². The Labute approximate surface area is 113 Å². The van der Waals surface area contributed by atoms with Crippen LogP contribution in [0.15, 0.2) is 30.9 Å². The number of nitrogens with one attached hydrogen (secondary N) is 1. The highest BCUT2D eigenvalue weighted by Crippen LogP contribution is 2.28. The first-order valence-electron chi connectivity index (χ1n) is 6.32. The zero-order valence-electron chi connectivity index (χ0n) is 11.3. The highest BCUT2D eigenvalue weighted by Gasteiger charge is 2.28. The second-order valence-corrected chi connectivity index (χ2v) is 4.88. The van der Waals surface area contributed by atoms with Crippen LogP contribution in [-0.2, 0) is 9.59 Å². The lowest BCUT2D eigenvalue weighted by Gasteiger charge is -2.18. The predicted molar refractivity (Wildman–Crippen MR) is 76.1 cm³/mol. The van der Waals surface area contributed by atoms with Crippen LogP contribution in [0.1, 0.15) is 18.9 Å². The molecule has 1 saturated heterocycles. The van der Waals surface area contributed by atoms with Crippen molar-refractivity contribution in [1.29, 1.82) is 0 Å². The van der Waals surface area contributed by atoms with E-state index >= 15 is 0 Å². The molecule has 1 aromatic rings. The molecule has 1 aliphatic heterocycles. The molecular formula is C15H18N2O2. The first-order chi connectivity index (χ1) is 9.01. The molecule has 1 fully saturated rings. The van der Waals surface area contributed by atoms with E-state index in [1.54, 1.807) is 4.90 Å². The maximum atomic E-state index is 11.9. The van der Waals surface area contributed by atoms with Gasteiger partial charge in [0.25, 0.3) is 0 Å². The Morgan fingerprint density at radius 2 is 2.26 bits per heavy atom. The third kappa shape index (κ3) is 2.84. The maximum Gasteiger partial charge on any atom is 0.227 e. The SMILES string of the molecule is C=CC1CC(=O)N(c2ccc(NC(C)=O)c(C)c2)C1. The highest BCUT2D eigenvalue weighted by molar-refractivity contribution is 5.97. The molecule has 19 heavy (non-hydrogen) atoms. The lowest BCUT2D eigenvalue weighted by molar-refractivity contribution is -0.117. The lowest BCUT2D eigenvalue weighted by Crippen LogP contribution is -2.24. The van der Waals surface area contributed by atoms with Gasteiger partial charge in [-0.25, -0.2) is 0 Å². The molecule has 0 spiro atoms. The van der Waals surface area contributed by atoms with Crippen LogP contribution in [0.3, 0.4) is 0 Å². The lowest BCUT2D eigenvalue weighted by atomic mass is 10.1. The van der Waals surface area contributed by atoms with E-state index in [9.17, 15) is 9.59 Å². The quantitative estimate of drug-likeness (QED) is 0.847. The van der Waals surface area contributed by atoms with Gasteiger partial charge in [-0.2, -0.15) is 0 Å². The molecule has 1 heterocycles. The van der Waals surface area contributed by atoms with Crippen LogP contribution in [-0.4, -0.2) is 18.4 Å². The van der Waals surface area contributed by atoms with Gasteiger partial charge in [-0.05, 0) is 30.7 Å². The molecular weight excluding hydrogens is 240 g/mol. The third-order valence-electron chi connectivity index (χ3n) is 3.32. The van der Waals surface area contributed by atoms with E-state index in [-0.39, 0.29) is 17.7 Å². The standard InChI is InChI=1S/C15H18N2O2/c1-4-12-8-15(19)17(9-12)13-5-6-14(10(2)7-13)16-11(3)18/h4-7,12H,1,8-9H2,2-3H3,(H,16,18). The van der Waals surface area contributed by atoms with E-state index in [0.717, 1.165) is 16.9 Å². The minimum absolute atomic E-state index is 0.0974. The van der Waals surface area contributed by atoms with Crippen molar-refractivity contribution in [2.45, 2.75) is 20.3 Å². The molecule has 0 radical (unpaired) electrons. The number of aryl methyl sites for hydroxylation is 1. The fourth-order valence-corrected chi connectivity index (χ4v) is 2.29. The Morgan fingerprint density at radius 1 is 1.53 bits per heavy atom. The summed E-state index contributed by atoms with van der Waals surface area (Å²) in [6.07, 6.45) is 2.35. The number of anilines is 2. The van der Waals surface area contributed by atoms with Crippen molar-refractivity contribution >= 4 is 23.2 Å². The summed E-state index contributed by atoms with van der Waals surface area (Å²) in [6, 6.07) is 5.62. The molecule has 1 N–H and O–H groups in total. The highest BCUT2D eigenvalue weighted by atomic mass is 16.2. The smallest absolute Gasteiger partial charge is 0.227 e. The van der Waals surface area contributed by atoms with Gasteiger partial charge in [-0.3, -0.25) is 9.59 Å². The van der Waals surface area contributed by atoms with Crippen LogP contribution < -0.4 is 10.2 Å². The molecule has 100 valence electrons. The number of benzene rings is 1. The van der Waals surface area contributed by atoms with Gasteiger partial charge in [0.2, 0.25) is 11.8 Å². The van der Waals surface area contributed by atoms with Gasteiger partial charge < -0.3 is 10.2 Å². The van der Waals surface area contributed by atoms with Crippen molar-refractivity contribution in [3.8, 4) is 0 Å². The fourth-order valence-electron chi connectivity index (χ4n) is 2.29. The van der Waals surface area contributed by atoms with Gasteiger partial charge in [0.05, 0.1) is 0 Å². The van der Waals surface area contributed by atoms with E-state index in [1.165, 1.54) is 6.92 Å². The fraction of sp³-hybridized carbons (Fsp3) is 0.333. The molecule has 4 heteroatoms. The van der Waals surface area contributed by atoms with Gasteiger partial charge >= 0.3 is 0 Å². The predicted octanol–water partition coefficient (Wildman–Crippen LogP) is 2.49. The van der Waals surface area contributed by atoms with Crippen molar-refractivity contribution in [3.63, 3.8) is 0 Å². The monoisotopic (exact) mass is 258 g/mol. The summed E-state index contributed by atoms with van der Waals surface area (Å²) in [5, 5.41) is 2.76. The summed E-state index contributed by atoms with van der Waals surface area (Å²) < 4.78 is 0. The Balaban J connectivity index is 2.22. The Bertz CT molecular complexity index is 537. The van der Waals surface area contributed by atoms with E-state index in [1.807, 2.05) is 31.2 Å². The van der Waals surface area contributed by atoms with Gasteiger partial charge in [-0.15, -0.1) is 6.58 Å². The number of carbonyl (C=O) groups excluding carboxylic acids is 2. The maximum absolute atomic E-state index is 11.9. The second-order valence-electron chi connectivity index (χ2n) is 4.88. The van der Waals surface area contributed by atoms with Crippen molar-refractivity contribution < 1.29 is 9.59 Å². The number of amides is 2. The molecule has 0 aliphatic carbocycles. The van der Waals surface area contributed by atoms with Gasteiger partial charge in [0, 0.05) is 37.2 Å². The van der Waals surface area contributed by atoms with Crippen molar-refractivity contribution in [1.82, 2.24) is 0 Å². The largest absolute Gasteiger partial charge is 0.326 e. The zero-order chi connectivity index (χ0) is 14.0. The average Bonchev–Trinajstić information content (AvgIpc) is 2.73. The topological polar surface area (TPSA) is 49.4 Å². The van der Waals surface area contributed by atoms with E-state index in [0.29, 0.717) is 13.0 Å². The van der Waals surface area contributed by atoms with Crippen molar-refractivity contribution in [2.75, 3.05) is 16.8 Å². The summed E-state index contributed by atoms with van der Waals surface area (Å²) in [7, 11) is 0. The molecule has 0 saturated carbocycles. The number of hydrogen-bond donors (Lipinski definition) is 1. The normalized spacial score (nSPS) is 18.5. The third-order valence-corrected chi connectivity index (χ3v) is 3.32. The number of nitrogens with zero attached hydrogens (tertiary/aromatic N) is 1. The van der Waals surface area contributed by atoms with E-state index in [2.05, 4.69) is 11.9 Å². The average molecular weight is 258 g/mol.